The minimum atomic E-state index is -1.11. The highest BCUT2D eigenvalue weighted by Crippen LogP contribution is 2.25. The maximum atomic E-state index is 10.5. The monoisotopic (exact) mass is 217 g/mol. The van der Waals surface area contributed by atoms with E-state index in [1.54, 1.807) is 6.92 Å². The van der Waals surface area contributed by atoms with Gasteiger partial charge in [-0.2, -0.15) is 0 Å². The normalized spacial score (nSPS) is 35.1. The summed E-state index contributed by atoms with van der Waals surface area (Å²) in [7, 11) is 4.00. The van der Waals surface area contributed by atoms with Gasteiger partial charge < -0.3 is 24.2 Å². The van der Waals surface area contributed by atoms with Gasteiger partial charge in [-0.1, -0.05) is 0 Å². The van der Waals surface area contributed by atoms with Crippen molar-refractivity contribution in [3.05, 3.63) is 0 Å². The lowest BCUT2D eigenvalue weighted by molar-refractivity contribution is -0.909. The Morgan fingerprint density at radius 3 is 2.73 bits per heavy atom. The van der Waals surface area contributed by atoms with Gasteiger partial charge in [0.05, 0.1) is 20.7 Å². The molecule has 5 heteroatoms. The van der Waals surface area contributed by atoms with Crippen molar-refractivity contribution in [2.75, 3.05) is 33.8 Å². The number of carbonyl (C=O) groups is 1. The second-order valence-corrected chi connectivity index (χ2v) is 5.20. The van der Waals surface area contributed by atoms with Gasteiger partial charge in [0, 0.05) is 12.4 Å². The molecule has 1 N–H and O–H groups in total. The summed E-state index contributed by atoms with van der Waals surface area (Å²) in [6.07, 6.45) is -0.493. The molecule has 2 atom stereocenters. The number of morpholine rings is 1. The van der Waals surface area contributed by atoms with E-state index in [4.69, 9.17) is 4.74 Å². The van der Waals surface area contributed by atoms with E-state index in [2.05, 4.69) is 0 Å². The molecule has 0 saturated carbocycles. The number of aliphatic hydroxyl groups excluding tert-OH is 1. The average molecular weight is 217 g/mol. The summed E-state index contributed by atoms with van der Waals surface area (Å²) in [6, 6.07) is 0. The van der Waals surface area contributed by atoms with Gasteiger partial charge in [0.25, 0.3) is 0 Å². The van der Waals surface area contributed by atoms with Crippen LogP contribution in [-0.2, 0) is 9.53 Å². The molecular weight excluding hydrogens is 198 g/mol. The van der Waals surface area contributed by atoms with Crippen LogP contribution >= 0.6 is 0 Å². The van der Waals surface area contributed by atoms with Crippen LogP contribution in [0.2, 0.25) is 0 Å². The first-order chi connectivity index (χ1) is 6.76. The van der Waals surface area contributed by atoms with E-state index in [1.165, 1.54) is 0 Å². The Kier molecular flexibility index (Phi) is 3.38. The summed E-state index contributed by atoms with van der Waals surface area (Å²) in [5.41, 5.74) is -0.651. The highest BCUT2D eigenvalue weighted by Gasteiger charge is 2.42. The van der Waals surface area contributed by atoms with Crippen LogP contribution < -0.4 is 5.11 Å². The Labute approximate surface area is 89.9 Å². The number of aliphatic hydroxyl groups is 1. The van der Waals surface area contributed by atoms with E-state index < -0.39 is 11.6 Å². The Balaban J connectivity index is 2.72. The molecule has 0 amide bonds. The molecule has 15 heavy (non-hydrogen) atoms. The number of ether oxygens (including phenoxy) is 1. The number of quaternary nitrogens is 1. The smallest absolute Gasteiger partial charge is 0.138 e. The Morgan fingerprint density at radius 1 is 1.67 bits per heavy atom. The maximum Gasteiger partial charge on any atom is 0.138 e. The van der Waals surface area contributed by atoms with Gasteiger partial charge >= 0.3 is 0 Å². The fraction of sp³-hybridized carbons (Fsp3) is 0.900. The zero-order valence-corrected chi connectivity index (χ0v) is 9.52. The summed E-state index contributed by atoms with van der Waals surface area (Å²) in [5, 5.41) is 19.8. The third-order valence-corrected chi connectivity index (χ3v) is 2.64. The van der Waals surface area contributed by atoms with Crippen molar-refractivity contribution < 1.29 is 24.2 Å². The van der Waals surface area contributed by atoms with Crippen LogP contribution in [0.25, 0.3) is 0 Å². The van der Waals surface area contributed by atoms with Crippen molar-refractivity contribution in [2.24, 2.45) is 0 Å². The summed E-state index contributed by atoms with van der Waals surface area (Å²) >= 11 is 0. The summed E-state index contributed by atoms with van der Waals surface area (Å²) in [6.45, 7) is 3.00. The molecule has 0 aromatic heterocycles. The molecule has 0 aliphatic carbocycles. The molecule has 1 saturated heterocycles. The first-order valence-electron chi connectivity index (χ1n) is 5.07. The Hall–Kier alpha value is -0.650. The van der Waals surface area contributed by atoms with E-state index in [1.807, 2.05) is 14.1 Å². The zero-order valence-electron chi connectivity index (χ0n) is 9.52. The lowest BCUT2D eigenvalue weighted by atomic mass is 10.0. The molecule has 0 bridgehead atoms. The molecule has 0 radical (unpaired) electrons. The van der Waals surface area contributed by atoms with E-state index in [-0.39, 0.29) is 19.1 Å². The van der Waals surface area contributed by atoms with E-state index in [0.717, 1.165) is 0 Å². The number of carbonyl (C=O) groups excluding carboxylic acids is 1. The average Bonchev–Trinajstić information content (AvgIpc) is 1.98. The van der Waals surface area contributed by atoms with Gasteiger partial charge in [-0.05, 0) is 6.92 Å². The van der Waals surface area contributed by atoms with Gasteiger partial charge in [0.15, 0.2) is 0 Å². The molecule has 1 aliphatic heterocycles. The largest absolute Gasteiger partial charge is 0.550 e. The van der Waals surface area contributed by atoms with Crippen molar-refractivity contribution in [1.29, 1.82) is 0 Å². The van der Waals surface area contributed by atoms with Gasteiger partial charge in [0.1, 0.15) is 24.8 Å². The molecule has 0 aromatic rings. The molecule has 0 spiro atoms. The Morgan fingerprint density at radius 2 is 2.27 bits per heavy atom. The molecule has 1 rings (SSSR count). The van der Waals surface area contributed by atoms with Gasteiger partial charge in [-0.25, -0.2) is 0 Å². The fourth-order valence-electron chi connectivity index (χ4n) is 2.38. The second kappa shape index (κ2) is 4.08. The highest BCUT2D eigenvalue weighted by atomic mass is 16.5. The lowest BCUT2D eigenvalue weighted by Crippen LogP contribution is -2.63. The Bertz CT molecular complexity index is 254. The topological polar surface area (TPSA) is 69.6 Å². The third-order valence-electron chi connectivity index (χ3n) is 2.64. The molecule has 1 heterocycles. The molecule has 0 unspecified atom stereocenters. The molecule has 0 aromatic carbocycles. The van der Waals surface area contributed by atoms with Gasteiger partial charge in [0.2, 0.25) is 0 Å². The predicted molar refractivity (Wildman–Crippen MR) is 51.8 cm³/mol. The number of carboxylic acids is 1. The van der Waals surface area contributed by atoms with Crippen molar-refractivity contribution in [1.82, 2.24) is 0 Å². The number of likely N-dealkylation sites (N-methyl/N-ethyl adjacent to an activating group) is 1. The summed E-state index contributed by atoms with van der Waals surface area (Å²) in [5.74, 6) is -1.11. The third kappa shape index (κ3) is 3.44. The van der Waals surface area contributed by atoms with Crippen molar-refractivity contribution in [3.8, 4) is 0 Å². The minimum Gasteiger partial charge on any atom is -0.550 e. The summed E-state index contributed by atoms with van der Waals surface area (Å²) < 4.78 is 6.23. The van der Waals surface area contributed by atoms with Crippen LogP contribution in [-0.4, -0.2) is 61.1 Å². The first-order valence-corrected chi connectivity index (χ1v) is 5.07. The van der Waals surface area contributed by atoms with E-state index >= 15 is 0 Å². The lowest BCUT2D eigenvalue weighted by Gasteiger charge is -2.46. The first kappa shape index (κ1) is 12.4. The van der Waals surface area contributed by atoms with Crippen LogP contribution in [0.5, 0.6) is 0 Å². The number of hydrogen-bond donors (Lipinski definition) is 1. The minimum absolute atomic E-state index is 0.0990. The van der Waals surface area contributed by atoms with Crippen LogP contribution in [0.4, 0.5) is 0 Å². The number of rotatable bonds is 3. The molecule has 88 valence electrons. The highest BCUT2D eigenvalue weighted by molar-refractivity contribution is 5.64. The van der Waals surface area contributed by atoms with Gasteiger partial charge in [-0.3, -0.25) is 0 Å². The van der Waals surface area contributed by atoms with E-state index in [0.29, 0.717) is 17.6 Å². The molecule has 1 aliphatic rings. The van der Waals surface area contributed by atoms with Crippen molar-refractivity contribution in [2.45, 2.75) is 25.0 Å². The zero-order chi connectivity index (χ0) is 11.7. The van der Waals surface area contributed by atoms with Crippen LogP contribution in [0, 0.1) is 0 Å². The van der Waals surface area contributed by atoms with Crippen LogP contribution in [0.3, 0.4) is 0 Å². The number of carboxylic acid groups (broad SMARTS) is 1. The quantitative estimate of drug-likeness (QED) is 0.575. The van der Waals surface area contributed by atoms with E-state index in [9.17, 15) is 15.0 Å². The summed E-state index contributed by atoms with van der Waals surface area (Å²) in [4.78, 5) is 10.5. The second-order valence-electron chi connectivity index (χ2n) is 5.20. The molecule has 5 nitrogen and oxygen atoms in total. The fourth-order valence-corrected chi connectivity index (χ4v) is 2.38. The number of hydrogen-bond acceptors (Lipinski definition) is 4. The standard InChI is InChI=1S/C10H19NO4/c1-10(7-12)6-11(2,3)5-8(15-10)4-9(13)14/h8,12H,4-7H2,1-3H3/t8-,10-/m0/s1. The van der Waals surface area contributed by atoms with Crippen molar-refractivity contribution >= 4 is 5.97 Å². The number of nitrogens with zero attached hydrogens (tertiary/aromatic N) is 1. The van der Waals surface area contributed by atoms with Crippen molar-refractivity contribution in [3.63, 3.8) is 0 Å². The molecular formula is C10H19NO4. The predicted octanol–water partition coefficient (Wildman–Crippen LogP) is -1.65. The molecule has 1 fully saturated rings. The maximum absolute atomic E-state index is 10.5. The van der Waals surface area contributed by atoms with Crippen LogP contribution in [0.15, 0.2) is 0 Å². The number of aliphatic carboxylic acids is 1. The SMILES string of the molecule is C[C@@]1(CO)C[N+](C)(C)C[C@H](CC(=O)[O-])O1. The van der Waals surface area contributed by atoms with Crippen LogP contribution in [0.1, 0.15) is 13.3 Å². The van der Waals surface area contributed by atoms with Gasteiger partial charge in [-0.15, -0.1) is 0 Å².